The fourth-order valence-electron chi connectivity index (χ4n) is 3.81. The van der Waals surface area contributed by atoms with Crippen LogP contribution in [-0.2, 0) is 22.9 Å². The standard InChI is InChI=1S/C25H21N3O5S/c26-25(29)24-16-8-18-3-1-2-4-22(18)23(24)15-7-17-5-9-19(10-6-17)27-34(32,33)21-13-11-20(12-14-21)28(30)31/h1-6,8-14,16,27H,7,15H2,(H2,26,29). The molecule has 8 nitrogen and oxygen atoms in total. The van der Waals surface area contributed by atoms with E-state index in [0.29, 0.717) is 24.1 Å². The Balaban J connectivity index is 1.49. The minimum absolute atomic E-state index is 0.0721. The van der Waals surface area contributed by atoms with Gasteiger partial charge in [0.25, 0.3) is 15.7 Å². The maximum atomic E-state index is 12.6. The zero-order valence-corrected chi connectivity index (χ0v) is 18.8. The van der Waals surface area contributed by atoms with Crippen LogP contribution in [0.15, 0.2) is 89.8 Å². The van der Waals surface area contributed by atoms with Crippen molar-refractivity contribution in [3.63, 3.8) is 0 Å². The molecule has 34 heavy (non-hydrogen) atoms. The third-order valence-corrected chi connectivity index (χ3v) is 6.93. The van der Waals surface area contributed by atoms with Crippen molar-refractivity contribution >= 4 is 38.1 Å². The highest BCUT2D eigenvalue weighted by Gasteiger charge is 2.16. The molecule has 0 atom stereocenters. The van der Waals surface area contributed by atoms with Crippen molar-refractivity contribution in [1.82, 2.24) is 0 Å². The molecular formula is C25H21N3O5S. The molecular weight excluding hydrogens is 454 g/mol. The smallest absolute Gasteiger partial charge is 0.269 e. The molecule has 9 heteroatoms. The molecule has 0 aliphatic heterocycles. The van der Waals surface area contributed by atoms with Crippen LogP contribution in [0.25, 0.3) is 10.8 Å². The van der Waals surface area contributed by atoms with Crippen molar-refractivity contribution in [2.75, 3.05) is 4.72 Å². The summed E-state index contributed by atoms with van der Waals surface area (Å²) in [5.74, 6) is -0.475. The molecule has 0 saturated heterocycles. The first-order valence-electron chi connectivity index (χ1n) is 10.4. The van der Waals surface area contributed by atoms with Crippen LogP contribution in [0.1, 0.15) is 21.5 Å². The zero-order chi connectivity index (χ0) is 24.3. The van der Waals surface area contributed by atoms with Gasteiger partial charge >= 0.3 is 0 Å². The third kappa shape index (κ3) is 4.89. The topological polar surface area (TPSA) is 132 Å². The fourth-order valence-corrected chi connectivity index (χ4v) is 4.86. The lowest BCUT2D eigenvalue weighted by Crippen LogP contribution is -2.14. The molecule has 4 aromatic carbocycles. The first-order valence-corrected chi connectivity index (χ1v) is 11.9. The summed E-state index contributed by atoms with van der Waals surface area (Å²) in [6.45, 7) is 0. The second-order valence-electron chi connectivity index (χ2n) is 7.73. The number of aryl methyl sites for hydroxylation is 2. The van der Waals surface area contributed by atoms with Crippen LogP contribution in [0.2, 0.25) is 0 Å². The predicted octanol–water partition coefficient (Wildman–Crippen LogP) is 4.43. The molecule has 0 radical (unpaired) electrons. The van der Waals surface area contributed by atoms with E-state index in [0.717, 1.165) is 34.0 Å². The average molecular weight is 476 g/mol. The van der Waals surface area contributed by atoms with Crippen LogP contribution in [0.4, 0.5) is 11.4 Å². The van der Waals surface area contributed by atoms with Gasteiger partial charge < -0.3 is 5.73 Å². The van der Waals surface area contributed by atoms with Crippen LogP contribution in [0.3, 0.4) is 0 Å². The number of nitrogens with two attached hydrogens (primary N) is 1. The molecule has 4 aromatic rings. The van der Waals surface area contributed by atoms with Gasteiger partial charge in [-0.15, -0.1) is 0 Å². The van der Waals surface area contributed by atoms with Crippen molar-refractivity contribution < 1.29 is 18.1 Å². The van der Waals surface area contributed by atoms with Crippen LogP contribution in [0, 0.1) is 10.1 Å². The molecule has 172 valence electrons. The lowest BCUT2D eigenvalue weighted by Gasteiger charge is -2.12. The predicted molar refractivity (Wildman–Crippen MR) is 130 cm³/mol. The number of nitrogens with one attached hydrogen (secondary N) is 1. The van der Waals surface area contributed by atoms with Gasteiger partial charge in [-0.3, -0.25) is 19.6 Å². The van der Waals surface area contributed by atoms with Gasteiger partial charge in [0.05, 0.1) is 9.82 Å². The van der Waals surface area contributed by atoms with E-state index in [1.54, 1.807) is 18.2 Å². The number of fused-ring (bicyclic) bond motifs is 1. The number of nitro groups is 1. The number of anilines is 1. The number of non-ortho nitro benzene ring substituents is 1. The number of nitro benzene ring substituents is 1. The van der Waals surface area contributed by atoms with Gasteiger partial charge in [-0.05, 0) is 65.1 Å². The Bertz CT molecular complexity index is 1480. The number of carbonyl (C=O) groups is 1. The number of carbonyl (C=O) groups excluding carboxylic acids is 1. The number of nitrogens with zero attached hydrogens (tertiary/aromatic N) is 1. The summed E-state index contributed by atoms with van der Waals surface area (Å²) in [6.07, 6.45) is 1.22. The molecule has 0 spiro atoms. The Kier molecular flexibility index (Phi) is 6.29. The van der Waals surface area contributed by atoms with Gasteiger partial charge in [-0.25, -0.2) is 8.42 Å². The Morgan fingerprint density at radius 3 is 2.21 bits per heavy atom. The Labute approximate surface area is 196 Å². The van der Waals surface area contributed by atoms with Crippen LogP contribution in [0.5, 0.6) is 0 Å². The lowest BCUT2D eigenvalue weighted by molar-refractivity contribution is -0.384. The van der Waals surface area contributed by atoms with Crippen LogP contribution >= 0.6 is 0 Å². The highest BCUT2D eigenvalue weighted by Crippen LogP contribution is 2.25. The molecule has 4 rings (SSSR count). The van der Waals surface area contributed by atoms with Gasteiger partial charge in [0.1, 0.15) is 0 Å². The van der Waals surface area contributed by atoms with E-state index >= 15 is 0 Å². The summed E-state index contributed by atoms with van der Waals surface area (Å²) in [5.41, 5.74) is 8.10. The molecule has 3 N–H and O–H groups in total. The maximum absolute atomic E-state index is 12.6. The van der Waals surface area contributed by atoms with E-state index in [1.807, 2.05) is 42.5 Å². The molecule has 0 fully saturated rings. The van der Waals surface area contributed by atoms with Crippen LogP contribution < -0.4 is 10.5 Å². The second kappa shape index (κ2) is 9.32. The molecule has 0 saturated carbocycles. The largest absolute Gasteiger partial charge is 0.366 e. The summed E-state index contributed by atoms with van der Waals surface area (Å²) >= 11 is 0. The number of amides is 1. The molecule has 0 aliphatic rings. The van der Waals surface area contributed by atoms with Crippen molar-refractivity contribution in [3.05, 3.63) is 112 Å². The fraction of sp³-hybridized carbons (Fsp3) is 0.0800. The molecule has 0 aromatic heterocycles. The second-order valence-corrected chi connectivity index (χ2v) is 9.41. The quantitative estimate of drug-likeness (QED) is 0.287. The highest BCUT2D eigenvalue weighted by atomic mass is 32.2. The Hall–Kier alpha value is -4.24. The van der Waals surface area contributed by atoms with E-state index in [2.05, 4.69) is 4.72 Å². The maximum Gasteiger partial charge on any atom is 0.269 e. The number of sulfonamides is 1. The monoisotopic (exact) mass is 475 g/mol. The normalized spacial score (nSPS) is 11.3. The number of benzene rings is 4. The van der Waals surface area contributed by atoms with Gasteiger partial charge in [-0.2, -0.15) is 0 Å². The highest BCUT2D eigenvalue weighted by molar-refractivity contribution is 7.92. The van der Waals surface area contributed by atoms with Gasteiger partial charge in [0, 0.05) is 23.4 Å². The minimum atomic E-state index is -3.89. The van der Waals surface area contributed by atoms with Gasteiger partial charge in [0.2, 0.25) is 5.91 Å². The van der Waals surface area contributed by atoms with E-state index < -0.39 is 20.9 Å². The van der Waals surface area contributed by atoms with E-state index in [1.165, 1.54) is 12.1 Å². The number of hydrogen-bond acceptors (Lipinski definition) is 5. The summed E-state index contributed by atoms with van der Waals surface area (Å²) in [5, 5.41) is 12.8. The average Bonchev–Trinajstić information content (AvgIpc) is 2.83. The van der Waals surface area contributed by atoms with Gasteiger partial charge in [-0.1, -0.05) is 42.5 Å². The number of hydrogen-bond donors (Lipinski definition) is 2. The lowest BCUT2D eigenvalue weighted by atomic mass is 9.93. The summed E-state index contributed by atoms with van der Waals surface area (Å²) in [6, 6.07) is 23.0. The molecule has 1 amide bonds. The Morgan fingerprint density at radius 2 is 1.56 bits per heavy atom. The molecule has 0 bridgehead atoms. The number of rotatable bonds is 8. The first-order chi connectivity index (χ1) is 16.2. The molecule has 0 heterocycles. The van der Waals surface area contributed by atoms with Crippen molar-refractivity contribution in [3.8, 4) is 0 Å². The summed E-state index contributed by atoms with van der Waals surface area (Å²) < 4.78 is 27.6. The van der Waals surface area contributed by atoms with E-state index in [9.17, 15) is 23.3 Å². The van der Waals surface area contributed by atoms with Crippen LogP contribution in [-0.4, -0.2) is 19.2 Å². The SMILES string of the molecule is NC(=O)c1ccc2ccccc2c1CCc1ccc(NS(=O)(=O)c2ccc([N+](=O)[O-])cc2)cc1. The molecule has 0 aliphatic carbocycles. The Morgan fingerprint density at radius 1 is 0.882 bits per heavy atom. The van der Waals surface area contributed by atoms with E-state index in [4.69, 9.17) is 5.73 Å². The number of primary amides is 1. The third-order valence-electron chi connectivity index (χ3n) is 5.53. The van der Waals surface area contributed by atoms with Crippen molar-refractivity contribution in [1.29, 1.82) is 0 Å². The van der Waals surface area contributed by atoms with Crippen molar-refractivity contribution in [2.45, 2.75) is 17.7 Å². The van der Waals surface area contributed by atoms with Crippen molar-refractivity contribution in [2.24, 2.45) is 5.73 Å². The summed E-state index contributed by atoms with van der Waals surface area (Å²) in [4.78, 5) is 22.0. The van der Waals surface area contributed by atoms with E-state index in [-0.39, 0.29) is 10.6 Å². The first kappa shape index (κ1) is 22.9. The zero-order valence-electron chi connectivity index (χ0n) is 18.0. The summed E-state index contributed by atoms with van der Waals surface area (Å²) in [7, 11) is -3.89. The molecule has 0 unspecified atom stereocenters. The minimum Gasteiger partial charge on any atom is -0.366 e. The van der Waals surface area contributed by atoms with Gasteiger partial charge in [0.15, 0.2) is 0 Å².